The first-order valence-corrected chi connectivity index (χ1v) is 40.6. The average Bonchev–Trinajstić information content (AvgIpc) is 3.73. The molecular formula is C72H140O17P2. The van der Waals surface area contributed by atoms with E-state index in [0.29, 0.717) is 25.7 Å². The molecule has 0 aliphatic rings. The summed E-state index contributed by atoms with van der Waals surface area (Å²) < 4.78 is 68.4. The number of carbonyl (C=O) groups excluding carboxylic acids is 4. The fourth-order valence-electron chi connectivity index (χ4n) is 11.0. The number of rotatable bonds is 72. The van der Waals surface area contributed by atoms with Crippen LogP contribution in [0.25, 0.3) is 0 Å². The van der Waals surface area contributed by atoms with Crippen LogP contribution in [0.3, 0.4) is 0 Å². The molecule has 0 radical (unpaired) electrons. The molecule has 540 valence electrons. The molecular weight excluding hydrogens is 1200 g/mol. The fourth-order valence-corrected chi connectivity index (χ4v) is 12.6. The minimum Gasteiger partial charge on any atom is -0.462 e. The maximum Gasteiger partial charge on any atom is 0.472 e. The predicted molar refractivity (Wildman–Crippen MR) is 368 cm³/mol. The van der Waals surface area contributed by atoms with Crippen LogP contribution in [0, 0.1) is 5.92 Å². The number of unbranched alkanes of at least 4 members (excludes halogenated alkanes) is 44. The molecule has 0 amide bonds. The summed E-state index contributed by atoms with van der Waals surface area (Å²) in [5, 5.41) is 10.6. The van der Waals surface area contributed by atoms with Gasteiger partial charge in [0.05, 0.1) is 26.4 Å². The van der Waals surface area contributed by atoms with Crippen molar-refractivity contribution in [3.63, 3.8) is 0 Å². The normalized spacial score (nSPS) is 14.0. The average molecular weight is 1340 g/mol. The lowest BCUT2D eigenvalue weighted by atomic mass is 10.0. The smallest absolute Gasteiger partial charge is 0.462 e. The number of hydrogen-bond donors (Lipinski definition) is 3. The van der Waals surface area contributed by atoms with Crippen molar-refractivity contribution < 1.29 is 80.2 Å². The van der Waals surface area contributed by atoms with Crippen LogP contribution in [-0.2, 0) is 65.4 Å². The second kappa shape index (κ2) is 65.4. The zero-order chi connectivity index (χ0) is 67.0. The molecule has 0 rings (SSSR count). The Morgan fingerprint density at radius 2 is 0.505 bits per heavy atom. The Morgan fingerprint density at radius 3 is 0.747 bits per heavy atom. The van der Waals surface area contributed by atoms with E-state index in [9.17, 15) is 43.2 Å². The van der Waals surface area contributed by atoms with E-state index in [4.69, 9.17) is 37.0 Å². The fraction of sp³-hybridized carbons (Fsp3) is 0.944. The van der Waals surface area contributed by atoms with Crippen molar-refractivity contribution in [3.8, 4) is 0 Å². The number of esters is 4. The van der Waals surface area contributed by atoms with Gasteiger partial charge < -0.3 is 33.8 Å². The number of aliphatic hydroxyl groups is 1. The topological polar surface area (TPSA) is 237 Å². The molecule has 5 atom stereocenters. The van der Waals surface area contributed by atoms with Crippen molar-refractivity contribution in [3.05, 3.63) is 0 Å². The molecule has 19 heteroatoms. The molecule has 0 aromatic heterocycles. The SMILES string of the molecule is CCCCCCCCCCCCCCCCCCC(=O)O[C@H](COC(=O)CCCCCCCCCCCCC(C)C)COP(=O)(O)OC[C@@H](O)COP(=O)(O)OC[C@@H](COC(=O)CCCCCCCCCCC)OC(=O)CCCCCCCCCCCCCCC. The van der Waals surface area contributed by atoms with Crippen molar-refractivity contribution in [2.45, 2.75) is 393 Å². The first-order chi connectivity index (χ1) is 44.0. The Balaban J connectivity index is 5.23. The van der Waals surface area contributed by atoms with Gasteiger partial charge in [0.2, 0.25) is 0 Å². The van der Waals surface area contributed by atoms with Crippen LogP contribution >= 0.6 is 15.6 Å². The van der Waals surface area contributed by atoms with Gasteiger partial charge in [-0.2, -0.15) is 0 Å². The van der Waals surface area contributed by atoms with E-state index in [1.807, 2.05) is 0 Å². The van der Waals surface area contributed by atoms with Crippen molar-refractivity contribution in [1.29, 1.82) is 0 Å². The molecule has 91 heavy (non-hydrogen) atoms. The summed E-state index contributed by atoms with van der Waals surface area (Å²) in [6.07, 6.45) is 52.6. The van der Waals surface area contributed by atoms with E-state index in [1.165, 1.54) is 199 Å². The van der Waals surface area contributed by atoms with Crippen molar-refractivity contribution in [1.82, 2.24) is 0 Å². The number of phosphoric ester groups is 2. The van der Waals surface area contributed by atoms with E-state index in [-0.39, 0.29) is 25.7 Å². The monoisotopic (exact) mass is 1340 g/mol. The van der Waals surface area contributed by atoms with Gasteiger partial charge in [-0.1, -0.05) is 324 Å². The molecule has 0 aliphatic carbocycles. The van der Waals surface area contributed by atoms with Gasteiger partial charge >= 0.3 is 39.5 Å². The minimum atomic E-state index is -4.95. The van der Waals surface area contributed by atoms with Crippen LogP contribution in [0.1, 0.15) is 375 Å². The van der Waals surface area contributed by atoms with Gasteiger partial charge in [0.1, 0.15) is 19.3 Å². The molecule has 17 nitrogen and oxygen atoms in total. The molecule has 0 spiro atoms. The first-order valence-electron chi connectivity index (χ1n) is 37.6. The summed E-state index contributed by atoms with van der Waals surface area (Å²) >= 11 is 0. The Bertz CT molecular complexity index is 1750. The Labute approximate surface area is 556 Å². The molecule has 2 unspecified atom stereocenters. The Hall–Kier alpha value is -1.94. The van der Waals surface area contributed by atoms with Gasteiger partial charge in [0.25, 0.3) is 0 Å². The van der Waals surface area contributed by atoms with Crippen molar-refractivity contribution in [2.24, 2.45) is 5.92 Å². The molecule has 0 aromatic carbocycles. The van der Waals surface area contributed by atoms with Crippen LogP contribution in [0.5, 0.6) is 0 Å². The Kier molecular flexibility index (Phi) is 64.0. The summed E-state index contributed by atoms with van der Waals surface area (Å²) in [7, 11) is -9.90. The molecule has 3 N–H and O–H groups in total. The van der Waals surface area contributed by atoms with E-state index in [0.717, 1.165) is 95.8 Å². The van der Waals surface area contributed by atoms with Gasteiger partial charge in [0, 0.05) is 25.7 Å². The number of carbonyl (C=O) groups is 4. The second-order valence-corrected chi connectivity index (χ2v) is 29.4. The largest absolute Gasteiger partial charge is 0.472 e. The molecule has 0 heterocycles. The lowest BCUT2D eigenvalue weighted by Crippen LogP contribution is -2.30. The zero-order valence-corrected chi connectivity index (χ0v) is 60.8. The van der Waals surface area contributed by atoms with Crippen LogP contribution in [-0.4, -0.2) is 96.7 Å². The van der Waals surface area contributed by atoms with Gasteiger partial charge in [-0.3, -0.25) is 37.3 Å². The molecule has 0 saturated heterocycles. The number of ether oxygens (including phenoxy) is 4. The van der Waals surface area contributed by atoms with Crippen molar-refractivity contribution >= 4 is 39.5 Å². The molecule has 0 bridgehead atoms. The maximum absolute atomic E-state index is 13.0. The maximum atomic E-state index is 13.0. The van der Waals surface area contributed by atoms with Crippen LogP contribution in [0.4, 0.5) is 0 Å². The number of phosphoric acid groups is 2. The molecule has 0 saturated carbocycles. The lowest BCUT2D eigenvalue weighted by molar-refractivity contribution is -0.161. The second-order valence-electron chi connectivity index (χ2n) is 26.5. The van der Waals surface area contributed by atoms with Crippen LogP contribution in [0.15, 0.2) is 0 Å². The molecule has 0 aliphatic heterocycles. The van der Waals surface area contributed by atoms with Crippen LogP contribution in [0.2, 0.25) is 0 Å². The standard InChI is InChI=1S/C72H140O17P2/c1-6-9-12-15-18-21-23-25-26-27-29-31-38-43-48-53-58-72(77)89-68(62-83-70(75)56-51-46-41-36-33-32-35-39-44-49-54-65(4)5)64-87-91(80,81)85-60-66(73)59-84-90(78,79)86-63-67(61-82-69(74)55-50-45-40-34-20-17-14-11-8-3)88-71(76)57-52-47-42-37-30-28-24-22-19-16-13-10-7-2/h65-68,73H,6-64H2,1-5H3,(H,78,79)(H,80,81)/t66-,67+,68+/m0/s1. The lowest BCUT2D eigenvalue weighted by Gasteiger charge is -2.21. The van der Waals surface area contributed by atoms with Gasteiger partial charge in [-0.05, 0) is 31.6 Å². The zero-order valence-electron chi connectivity index (χ0n) is 59.0. The highest BCUT2D eigenvalue weighted by molar-refractivity contribution is 7.47. The predicted octanol–water partition coefficient (Wildman–Crippen LogP) is 20.9. The minimum absolute atomic E-state index is 0.108. The van der Waals surface area contributed by atoms with Gasteiger partial charge in [0.15, 0.2) is 12.2 Å². The quantitative estimate of drug-likeness (QED) is 0.0222. The third kappa shape index (κ3) is 66.5. The van der Waals surface area contributed by atoms with E-state index < -0.39 is 97.5 Å². The van der Waals surface area contributed by atoms with Gasteiger partial charge in [-0.15, -0.1) is 0 Å². The van der Waals surface area contributed by atoms with E-state index >= 15 is 0 Å². The number of aliphatic hydroxyl groups excluding tert-OH is 1. The summed E-state index contributed by atoms with van der Waals surface area (Å²) in [4.78, 5) is 72.6. The third-order valence-electron chi connectivity index (χ3n) is 16.8. The highest BCUT2D eigenvalue weighted by Crippen LogP contribution is 2.45. The van der Waals surface area contributed by atoms with E-state index in [2.05, 4.69) is 34.6 Å². The summed E-state index contributed by atoms with van der Waals surface area (Å²) in [6.45, 7) is 7.25. The highest BCUT2D eigenvalue weighted by Gasteiger charge is 2.30. The number of hydrogen-bond acceptors (Lipinski definition) is 15. The van der Waals surface area contributed by atoms with Gasteiger partial charge in [-0.25, -0.2) is 9.13 Å². The summed E-state index contributed by atoms with van der Waals surface area (Å²) in [5.41, 5.74) is 0. The Morgan fingerprint density at radius 1 is 0.297 bits per heavy atom. The van der Waals surface area contributed by atoms with Crippen LogP contribution < -0.4 is 0 Å². The summed E-state index contributed by atoms with van der Waals surface area (Å²) in [6, 6.07) is 0. The third-order valence-corrected chi connectivity index (χ3v) is 18.7. The first kappa shape index (κ1) is 89.1. The molecule has 0 aromatic rings. The van der Waals surface area contributed by atoms with Crippen molar-refractivity contribution in [2.75, 3.05) is 39.6 Å². The molecule has 0 fully saturated rings. The highest BCUT2D eigenvalue weighted by atomic mass is 31.2. The summed E-state index contributed by atoms with van der Waals surface area (Å²) in [5.74, 6) is -1.36. The van der Waals surface area contributed by atoms with E-state index in [1.54, 1.807) is 0 Å².